The molecule has 0 aromatic heterocycles. The van der Waals surface area contributed by atoms with Gasteiger partial charge in [-0.25, -0.2) is 9.18 Å². The molecule has 1 heterocycles. The topological polar surface area (TPSA) is 80.8 Å². The molecule has 0 N–H and O–H groups in total. The molecule has 7 rings (SSSR count). The fraction of sp³-hybridized carbons (Fsp3) is 0.241. The molecule has 38 heavy (non-hydrogen) atoms. The minimum atomic E-state index is -1.36. The third-order valence-electron chi connectivity index (χ3n) is 7.86. The highest BCUT2D eigenvalue weighted by Crippen LogP contribution is 2.69. The van der Waals surface area contributed by atoms with Crippen molar-refractivity contribution in [2.45, 2.75) is 22.7 Å². The molecular formula is C29H20Cl2FNO5. The average molecular weight is 552 g/mol. The number of ether oxygens (including phenoxy) is 1. The lowest BCUT2D eigenvalue weighted by Gasteiger charge is -2.54. The van der Waals surface area contributed by atoms with E-state index < -0.39 is 63.6 Å². The van der Waals surface area contributed by atoms with Crippen molar-refractivity contribution in [2.24, 2.45) is 11.8 Å². The van der Waals surface area contributed by atoms with E-state index in [9.17, 15) is 23.6 Å². The molecule has 2 amide bonds. The van der Waals surface area contributed by atoms with Gasteiger partial charge in [0, 0.05) is 5.56 Å². The molecule has 1 saturated heterocycles. The van der Waals surface area contributed by atoms with Crippen molar-refractivity contribution in [1.29, 1.82) is 0 Å². The molecule has 192 valence electrons. The van der Waals surface area contributed by atoms with Crippen LogP contribution in [-0.4, -0.2) is 41.1 Å². The predicted molar refractivity (Wildman–Crippen MR) is 136 cm³/mol. The number of amides is 2. The van der Waals surface area contributed by atoms with Crippen LogP contribution in [0.5, 0.6) is 0 Å². The maximum atomic E-state index is 13.9. The van der Waals surface area contributed by atoms with Gasteiger partial charge in [-0.1, -0.05) is 48.5 Å². The Morgan fingerprint density at radius 1 is 0.842 bits per heavy atom. The second-order valence-corrected chi connectivity index (χ2v) is 10.9. The van der Waals surface area contributed by atoms with Crippen molar-refractivity contribution in [1.82, 2.24) is 4.90 Å². The average Bonchev–Trinajstić information content (AvgIpc) is 3.21. The number of imide groups is 1. The SMILES string of the molecule is C[C@H](C(=O)OCC(=O)c1ccc(F)cc1)N1C(=O)[C@H]2[C@H](C1=O)C1(Cl)c3ccccc3C2(Cl)c2ccccc21. The Kier molecular flexibility index (Phi) is 5.53. The number of carbonyl (C=O) groups excluding carboxylic acids is 4. The minimum absolute atomic E-state index is 0.159. The van der Waals surface area contributed by atoms with E-state index in [4.69, 9.17) is 27.9 Å². The predicted octanol–water partition coefficient (Wildman–Crippen LogP) is 4.53. The summed E-state index contributed by atoms with van der Waals surface area (Å²) in [7, 11) is 0. The Bertz CT molecular complexity index is 1420. The van der Waals surface area contributed by atoms with E-state index >= 15 is 0 Å². The van der Waals surface area contributed by atoms with Gasteiger partial charge in [-0.15, -0.1) is 23.2 Å². The lowest BCUT2D eigenvalue weighted by atomic mass is 9.54. The number of ketones is 1. The summed E-state index contributed by atoms with van der Waals surface area (Å²) in [6, 6.07) is 17.9. The molecule has 9 heteroatoms. The Hall–Kier alpha value is -3.55. The number of nitrogens with zero attached hydrogens (tertiary/aromatic N) is 1. The molecule has 0 spiro atoms. The van der Waals surface area contributed by atoms with Crippen molar-refractivity contribution in [2.75, 3.05) is 6.61 Å². The van der Waals surface area contributed by atoms with Crippen LogP contribution in [0.1, 0.15) is 39.5 Å². The van der Waals surface area contributed by atoms with Crippen LogP contribution in [0.4, 0.5) is 4.39 Å². The van der Waals surface area contributed by atoms with Gasteiger partial charge in [0.1, 0.15) is 21.6 Å². The minimum Gasteiger partial charge on any atom is -0.456 e. The van der Waals surface area contributed by atoms with Gasteiger partial charge in [-0.05, 0) is 53.4 Å². The van der Waals surface area contributed by atoms with Gasteiger partial charge in [0.05, 0.1) is 11.8 Å². The summed E-state index contributed by atoms with van der Waals surface area (Å²) in [6.07, 6.45) is 0. The lowest BCUT2D eigenvalue weighted by molar-refractivity contribution is -0.157. The molecule has 3 aliphatic carbocycles. The first kappa shape index (κ1) is 24.8. The summed E-state index contributed by atoms with van der Waals surface area (Å²) in [5, 5.41) is 0. The number of benzene rings is 3. The summed E-state index contributed by atoms with van der Waals surface area (Å²) >= 11 is 14.7. The molecule has 0 saturated carbocycles. The van der Waals surface area contributed by atoms with Crippen LogP contribution in [0.25, 0.3) is 0 Å². The summed E-state index contributed by atoms with van der Waals surface area (Å²) < 4.78 is 18.3. The third-order valence-corrected chi connectivity index (χ3v) is 9.14. The Morgan fingerprint density at radius 2 is 1.26 bits per heavy atom. The molecule has 0 radical (unpaired) electrons. The maximum Gasteiger partial charge on any atom is 0.329 e. The Labute approximate surface area is 227 Å². The first-order chi connectivity index (χ1) is 18.1. The van der Waals surface area contributed by atoms with Crippen LogP contribution >= 0.6 is 23.2 Å². The Balaban J connectivity index is 1.33. The van der Waals surface area contributed by atoms with Crippen LogP contribution in [0.15, 0.2) is 72.8 Å². The molecule has 3 aromatic rings. The van der Waals surface area contributed by atoms with Crippen LogP contribution < -0.4 is 0 Å². The normalized spacial score (nSPS) is 27.4. The first-order valence-corrected chi connectivity index (χ1v) is 12.8. The number of rotatable bonds is 5. The van der Waals surface area contributed by atoms with Crippen molar-refractivity contribution >= 4 is 46.8 Å². The van der Waals surface area contributed by atoms with Crippen LogP contribution in [-0.2, 0) is 28.9 Å². The fourth-order valence-corrected chi connectivity index (χ4v) is 7.25. The number of Topliss-reactive ketones (excluding diaryl/α,β-unsaturated/α-hetero) is 1. The lowest BCUT2D eigenvalue weighted by Crippen LogP contribution is -2.57. The van der Waals surface area contributed by atoms with E-state index in [1.165, 1.54) is 19.1 Å². The summed E-state index contributed by atoms with van der Waals surface area (Å²) in [5.74, 6) is -5.34. The van der Waals surface area contributed by atoms with E-state index in [0.717, 1.165) is 17.0 Å². The second-order valence-electron chi connectivity index (χ2n) is 9.73. The molecular weight excluding hydrogens is 532 g/mol. The molecule has 2 bridgehead atoms. The summed E-state index contributed by atoms with van der Waals surface area (Å²) in [4.78, 5) is 51.3. The van der Waals surface area contributed by atoms with Crippen LogP contribution in [0, 0.1) is 17.7 Å². The number of hydrogen-bond acceptors (Lipinski definition) is 5. The summed E-state index contributed by atoms with van der Waals surface area (Å²) in [6.45, 7) is 0.732. The zero-order chi connectivity index (χ0) is 27.0. The van der Waals surface area contributed by atoms with Gasteiger partial charge >= 0.3 is 5.97 Å². The van der Waals surface area contributed by atoms with Gasteiger partial charge in [-0.3, -0.25) is 19.3 Å². The van der Waals surface area contributed by atoms with E-state index in [1.54, 1.807) is 24.3 Å². The monoisotopic (exact) mass is 551 g/mol. The summed E-state index contributed by atoms with van der Waals surface area (Å²) in [5.41, 5.74) is 2.77. The van der Waals surface area contributed by atoms with Crippen molar-refractivity contribution in [3.63, 3.8) is 0 Å². The maximum absolute atomic E-state index is 13.9. The third kappa shape index (κ3) is 3.12. The first-order valence-electron chi connectivity index (χ1n) is 12.0. The van der Waals surface area contributed by atoms with Crippen molar-refractivity contribution in [3.8, 4) is 0 Å². The number of esters is 1. The van der Waals surface area contributed by atoms with Gasteiger partial charge in [0.2, 0.25) is 11.8 Å². The van der Waals surface area contributed by atoms with E-state index in [0.29, 0.717) is 22.3 Å². The van der Waals surface area contributed by atoms with Gasteiger partial charge in [0.25, 0.3) is 0 Å². The highest BCUT2D eigenvalue weighted by molar-refractivity contribution is 6.36. The van der Waals surface area contributed by atoms with Gasteiger partial charge in [0.15, 0.2) is 12.4 Å². The van der Waals surface area contributed by atoms with Crippen LogP contribution in [0.2, 0.25) is 0 Å². The largest absolute Gasteiger partial charge is 0.456 e. The standard InChI is InChI=1S/C29H20Cl2FNO5/c1-15(27(37)38-14-22(34)16-10-12-17(32)13-11-16)33-25(35)23-24(26(33)36)29(31)19-7-3-2-6-18(19)28(23,30)20-8-4-5-9-21(20)29/h2-13,15,23-24H,14H2,1H3/t15-,23-,24-,28?,29?/m1/s1. The van der Waals surface area contributed by atoms with Crippen molar-refractivity contribution in [3.05, 3.63) is 106 Å². The molecule has 1 fully saturated rings. The molecule has 1 aliphatic heterocycles. The van der Waals surface area contributed by atoms with Gasteiger partial charge in [-0.2, -0.15) is 0 Å². The number of halogens is 3. The number of likely N-dealkylation sites (tertiary alicyclic amines) is 1. The number of hydrogen-bond donors (Lipinski definition) is 0. The van der Waals surface area contributed by atoms with E-state index in [1.807, 2.05) is 24.3 Å². The van der Waals surface area contributed by atoms with E-state index in [2.05, 4.69) is 0 Å². The van der Waals surface area contributed by atoms with E-state index in [-0.39, 0.29) is 5.56 Å². The number of alkyl halides is 2. The van der Waals surface area contributed by atoms with Crippen molar-refractivity contribution < 1.29 is 28.3 Å². The van der Waals surface area contributed by atoms with Crippen LogP contribution in [0.3, 0.4) is 0 Å². The quantitative estimate of drug-likeness (QED) is 0.201. The number of carbonyl (C=O) groups is 4. The zero-order valence-corrected chi connectivity index (χ0v) is 21.5. The van der Waals surface area contributed by atoms with Gasteiger partial charge < -0.3 is 4.74 Å². The highest BCUT2D eigenvalue weighted by Gasteiger charge is 2.73. The smallest absolute Gasteiger partial charge is 0.329 e. The highest BCUT2D eigenvalue weighted by atomic mass is 35.5. The zero-order valence-electron chi connectivity index (χ0n) is 20.0. The fourth-order valence-electron chi connectivity index (χ4n) is 6.15. The molecule has 4 aliphatic rings. The Morgan fingerprint density at radius 3 is 1.68 bits per heavy atom. The second kappa shape index (κ2) is 8.48. The molecule has 3 aromatic carbocycles. The molecule has 3 atom stereocenters. The molecule has 0 unspecified atom stereocenters. The molecule has 6 nitrogen and oxygen atoms in total.